The SMILES string of the molecule is CN(C)C(=O)OC1CCN(c2nc3ccccc3[nH]2)CC1. The van der Waals surface area contributed by atoms with Crippen LogP contribution in [0.1, 0.15) is 12.8 Å². The number of H-pyrrole nitrogens is 1. The number of carbonyl (C=O) groups excluding carboxylic acids is 1. The number of para-hydroxylation sites is 2. The van der Waals surface area contributed by atoms with Gasteiger partial charge in [-0.1, -0.05) is 12.1 Å². The van der Waals surface area contributed by atoms with Gasteiger partial charge in [-0.25, -0.2) is 9.78 Å². The Hall–Kier alpha value is -2.24. The number of amides is 1. The number of benzene rings is 1. The van der Waals surface area contributed by atoms with Crippen molar-refractivity contribution < 1.29 is 9.53 Å². The van der Waals surface area contributed by atoms with Crippen LogP contribution < -0.4 is 4.90 Å². The molecule has 3 rings (SSSR count). The highest BCUT2D eigenvalue weighted by Crippen LogP contribution is 2.22. The number of aromatic amines is 1. The molecule has 6 nitrogen and oxygen atoms in total. The molecular weight excluding hydrogens is 268 g/mol. The summed E-state index contributed by atoms with van der Waals surface area (Å²) < 4.78 is 5.43. The maximum absolute atomic E-state index is 11.6. The predicted molar refractivity (Wildman–Crippen MR) is 81.5 cm³/mol. The van der Waals surface area contributed by atoms with Crippen LogP contribution >= 0.6 is 0 Å². The average Bonchev–Trinajstić information content (AvgIpc) is 2.91. The summed E-state index contributed by atoms with van der Waals surface area (Å²) in [6.07, 6.45) is 1.39. The van der Waals surface area contributed by atoms with E-state index in [1.54, 1.807) is 14.1 Å². The first-order valence-electron chi connectivity index (χ1n) is 7.21. The third-order valence-electron chi connectivity index (χ3n) is 3.75. The number of aromatic nitrogens is 2. The number of nitrogens with zero attached hydrogens (tertiary/aromatic N) is 3. The van der Waals surface area contributed by atoms with Crippen molar-refractivity contribution >= 4 is 23.1 Å². The number of piperidine rings is 1. The number of nitrogens with one attached hydrogen (secondary N) is 1. The first kappa shape index (κ1) is 13.7. The Morgan fingerprint density at radius 2 is 2.05 bits per heavy atom. The highest BCUT2D eigenvalue weighted by atomic mass is 16.6. The van der Waals surface area contributed by atoms with Crippen LogP contribution in [-0.2, 0) is 4.74 Å². The number of ether oxygens (including phenoxy) is 1. The van der Waals surface area contributed by atoms with Gasteiger partial charge in [0.15, 0.2) is 0 Å². The molecule has 0 bridgehead atoms. The fourth-order valence-electron chi connectivity index (χ4n) is 2.52. The van der Waals surface area contributed by atoms with Gasteiger partial charge in [0.25, 0.3) is 0 Å². The van der Waals surface area contributed by atoms with Crippen LogP contribution in [0.4, 0.5) is 10.7 Å². The minimum absolute atomic E-state index is 0.000489. The quantitative estimate of drug-likeness (QED) is 0.920. The van der Waals surface area contributed by atoms with Crippen LogP contribution in [0, 0.1) is 0 Å². The molecule has 1 saturated heterocycles. The molecular formula is C15H20N4O2. The highest BCUT2D eigenvalue weighted by Gasteiger charge is 2.24. The number of imidazole rings is 1. The van der Waals surface area contributed by atoms with Crippen molar-refractivity contribution in [2.45, 2.75) is 18.9 Å². The molecule has 0 atom stereocenters. The molecule has 2 heterocycles. The van der Waals surface area contributed by atoms with Crippen molar-refractivity contribution in [3.05, 3.63) is 24.3 Å². The van der Waals surface area contributed by atoms with Crippen molar-refractivity contribution in [2.75, 3.05) is 32.1 Å². The molecule has 0 aliphatic carbocycles. The summed E-state index contributed by atoms with van der Waals surface area (Å²) >= 11 is 0. The largest absolute Gasteiger partial charge is 0.446 e. The maximum Gasteiger partial charge on any atom is 0.409 e. The van der Waals surface area contributed by atoms with Crippen molar-refractivity contribution in [1.82, 2.24) is 14.9 Å². The summed E-state index contributed by atoms with van der Waals surface area (Å²) in [7, 11) is 3.40. The molecule has 0 unspecified atom stereocenters. The Kier molecular flexibility index (Phi) is 3.68. The van der Waals surface area contributed by atoms with Gasteiger partial charge in [-0.05, 0) is 12.1 Å². The summed E-state index contributed by atoms with van der Waals surface area (Å²) in [4.78, 5) is 23.2. The lowest BCUT2D eigenvalue weighted by Crippen LogP contribution is -2.39. The Labute approximate surface area is 123 Å². The zero-order valence-electron chi connectivity index (χ0n) is 12.4. The molecule has 6 heteroatoms. The molecule has 1 amide bonds. The van der Waals surface area contributed by atoms with E-state index >= 15 is 0 Å². The lowest BCUT2D eigenvalue weighted by Gasteiger charge is -2.31. The van der Waals surface area contributed by atoms with Crippen molar-refractivity contribution in [2.24, 2.45) is 0 Å². The summed E-state index contributed by atoms with van der Waals surface area (Å²) in [6, 6.07) is 8.01. The second kappa shape index (κ2) is 5.63. The van der Waals surface area contributed by atoms with Crippen molar-refractivity contribution in [1.29, 1.82) is 0 Å². The fraction of sp³-hybridized carbons (Fsp3) is 0.467. The van der Waals surface area contributed by atoms with Crippen LogP contribution in [0.5, 0.6) is 0 Å². The number of fused-ring (bicyclic) bond motifs is 1. The zero-order valence-corrected chi connectivity index (χ0v) is 12.4. The fourth-order valence-corrected chi connectivity index (χ4v) is 2.52. The minimum Gasteiger partial charge on any atom is -0.446 e. The average molecular weight is 288 g/mol. The van der Waals surface area contributed by atoms with Gasteiger partial charge in [0.2, 0.25) is 5.95 Å². The standard InChI is InChI=1S/C15H20N4O2/c1-18(2)15(20)21-11-7-9-19(10-8-11)14-16-12-5-3-4-6-13(12)17-14/h3-6,11H,7-10H2,1-2H3,(H,16,17). The second-order valence-electron chi connectivity index (χ2n) is 5.54. The molecule has 0 radical (unpaired) electrons. The molecule has 112 valence electrons. The Morgan fingerprint density at radius 1 is 1.33 bits per heavy atom. The summed E-state index contributed by atoms with van der Waals surface area (Å²) in [5.41, 5.74) is 2.03. The number of hydrogen-bond donors (Lipinski definition) is 1. The van der Waals surface area contributed by atoms with Crippen LogP contribution in [0.2, 0.25) is 0 Å². The van der Waals surface area contributed by atoms with Gasteiger partial charge in [-0.2, -0.15) is 0 Å². The Bertz CT molecular complexity index is 596. The van der Waals surface area contributed by atoms with Crippen LogP contribution in [0.15, 0.2) is 24.3 Å². The number of carbonyl (C=O) groups is 1. The predicted octanol–water partition coefficient (Wildman–Crippen LogP) is 2.23. The van der Waals surface area contributed by atoms with Crippen molar-refractivity contribution in [3.63, 3.8) is 0 Å². The third-order valence-corrected chi connectivity index (χ3v) is 3.75. The Morgan fingerprint density at radius 3 is 2.71 bits per heavy atom. The molecule has 1 N–H and O–H groups in total. The summed E-state index contributed by atoms with van der Waals surface area (Å²) in [5, 5.41) is 0. The van der Waals surface area contributed by atoms with Crippen molar-refractivity contribution in [3.8, 4) is 0 Å². The van der Waals surface area contributed by atoms with E-state index in [1.807, 2.05) is 24.3 Å². The molecule has 21 heavy (non-hydrogen) atoms. The van der Waals surface area contributed by atoms with E-state index in [0.717, 1.165) is 42.9 Å². The number of anilines is 1. The van der Waals surface area contributed by atoms with Crippen LogP contribution in [0.3, 0.4) is 0 Å². The van der Waals surface area contributed by atoms with Gasteiger partial charge in [0, 0.05) is 40.0 Å². The molecule has 1 aromatic carbocycles. The third kappa shape index (κ3) is 2.94. The molecule has 1 aliphatic rings. The molecule has 0 saturated carbocycles. The normalized spacial score (nSPS) is 16.2. The first-order valence-corrected chi connectivity index (χ1v) is 7.21. The zero-order chi connectivity index (χ0) is 14.8. The van der Waals surface area contributed by atoms with E-state index in [1.165, 1.54) is 4.90 Å². The lowest BCUT2D eigenvalue weighted by atomic mass is 10.1. The van der Waals surface area contributed by atoms with Crippen LogP contribution in [0.25, 0.3) is 11.0 Å². The van der Waals surface area contributed by atoms with Gasteiger partial charge >= 0.3 is 6.09 Å². The monoisotopic (exact) mass is 288 g/mol. The van der Waals surface area contributed by atoms with Gasteiger partial charge in [-0.15, -0.1) is 0 Å². The van der Waals surface area contributed by atoms with E-state index in [0.29, 0.717) is 0 Å². The molecule has 1 aliphatic heterocycles. The van der Waals surface area contributed by atoms with Gasteiger partial charge < -0.3 is 19.5 Å². The van der Waals surface area contributed by atoms with E-state index in [2.05, 4.69) is 14.9 Å². The molecule has 2 aromatic rings. The minimum atomic E-state index is -0.266. The first-order chi connectivity index (χ1) is 10.1. The maximum atomic E-state index is 11.6. The smallest absolute Gasteiger partial charge is 0.409 e. The Balaban J connectivity index is 1.61. The van der Waals surface area contributed by atoms with E-state index in [-0.39, 0.29) is 12.2 Å². The lowest BCUT2D eigenvalue weighted by molar-refractivity contribution is 0.0624. The molecule has 0 spiro atoms. The van der Waals surface area contributed by atoms with E-state index in [9.17, 15) is 4.79 Å². The number of hydrogen-bond acceptors (Lipinski definition) is 4. The van der Waals surface area contributed by atoms with Gasteiger partial charge in [-0.3, -0.25) is 0 Å². The molecule has 1 aromatic heterocycles. The van der Waals surface area contributed by atoms with Crippen LogP contribution in [-0.4, -0.2) is 54.2 Å². The van der Waals surface area contributed by atoms with Gasteiger partial charge in [0.05, 0.1) is 11.0 Å². The topological polar surface area (TPSA) is 61.5 Å². The van der Waals surface area contributed by atoms with E-state index in [4.69, 9.17) is 4.74 Å². The second-order valence-corrected chi connectivity index (χ2v) is 5.54. The van der Waals surface area contributed by atoms with E-state index < -0.39 is 0 Å². The summed E-state index contributed by atoms with van der Waals surface area (Å²) in [5.74, 6) is 0.897. The van der Waals surface area contributed by atoms with Gasteiger partial charge in [0.1, 0.15) is 6.10 Å². The molecule has 1 fully saturated rings. The highest BCUT2D eigenvalue weighted by molar-refractivity contribution is 5.77. The number of rotatable bonds is 2. The summed E-state index contributed by atoms with van der Waals surface area (Å²) in [6.45, 7) is 1.68.